The minimum Gasteiger partial charge on any atom is -0.367 e. The van der Waals surface area contributed by atoms with E-state index in [4.69, 9.17) is 16.9 Å². The fourth-order valence-corrected chi connectivity index (χ4v) is 3.28. The Kier molecular flexibility index (Phi) is 6.28. The maximum atomic E-state index is 14.1. The molecule has 1 saturated heterocycles. The number of amides is 1. The number of hydrogen-bond donors (Lipinski definition) is 1. The molecule has 1 aliphatic heterocycles. The van der Waals surface area contributed by atoms with Gasteiger partial charge < -0.3 is 10.2 Å². The number of benzene rings is 2. The van der Waals surface area contributed by atoms with E-state index in [1.54, 1.807) is 36.4 Å². The summed E-state index contributed by atoms with van der Waals surface area (Å²) in [5, 5.41) is 12.3. The molecule has 7 heteroatoms. The lowest BCUT2D eigenvalue weighted by Crippen LogP contribution is -2.47. The van der Waals surface area contributed by atoms with Crippen molar-refractivity contribution in [1.82, 2.24) is 4.90 Å². The molecule has 1 aliphatic rings. The maximum absolute atomic E-state index is 14.1. The lowest BCUT2D eigenvalue weighted by atomic mass is 10.1. The first-order chi connectivity index (χ1) is 13.0. The molecule has 5 nitrogen and oxygen atoms in total. The predicted molar refractivity (Wildman–Crippen MR) is 104 cm³/mol. The lowest BCUT2D eigenvalue weighted by molar-refractivity contribution is -0.116. The van der Waals surface area contributed by atoms with Crippen molar-refractivity contribution in [3.05, 3.63) is 58.9 Å². The molecule has 1 amide bonds. The Morgan fingerprint density at radius 3 is 2.63 bits per heavy atom. The minimum atomic E-state index is -0.372. The third-order valence-corrected chi connectivity index (χ3v) is 4.79. The molecule has 1 N–H and O–H groups in total. The van der Waals surface area contributed by atoms with Gasteiger partial charge in [-0.1, -0.05) is 17.7 Å². The van der Waals surface area contributed by atoms with Gasteiger partial charge in [-0.25, -0.2) is 4.39 Å². The molecule has 3 rings (SSSR count). The number of nitrogens with zero attached hydrogens (tertiary/aromatic N) is 3. The summed E-state index contributed by atoms with van der Waals surface area (Å²) in [6, 6.07) is 13.6. The molecule has 2 aromatic rings. The van der Waals surface area contributed by atoms with Crippen LogP contribution in [0.2, 0.25) is 5.02 Å². The monoisotopic (exact) mass is 386 g/mol. The summed E-state index contributed by atoms with van der Waals surface area (Å²) in [4.78, 5) is 16.3. The molecule has 1 heterocycles. The zero-order chi connectivity index (χ0) is 19.2. The molecule has 1 fully saturated rings. The number of anilines is 2. The second-order valence-electron chi connectivity index (χ2n) is 6.42. The van der Waals surface area contributed by atoms with Gasteiger partial charge in [0.2, 0.25) is 5.91 Å². The van der Waals surface area contributed by atoms with Gasteiger partial charge in [-0.15, -0.1) is 0 Å². The van der Waals surface area contributed by atoms with Crippen LogP contribution in [-0.4, -0.2) is 43.5 Å². The average molecular weight is 387 g/mol. The third-order valence-electron chi connectivity index (χ3n) is 4.55. The van der Waals surface area contributed by atoms with Crippen molar-refractivity contribution in [2.24, 2.45) is 0 Å². The van der Waals surface area contributed by atoms with E-state index in [0.29, 0.717) is 48.0 Å². The van der Waals surface area contributed by atoms with Gasteiger partial charge in [0.1, 0.15) is 5.82 Å². The number of halogens is 2. The second-order valence-corrected chi connectivity index (χ2v) is 6.85. The summed E-state index contributed by atoms with van der Waals surface area (Å²) in [6.45, 7) is 3.52. The van der Waals surface area contributed by atoms with Gasteiger partial charge in [0, 0.05) is 49.9 Å². The number of carbonyl (C=O) groups is 1. The summed E-state index contributed by atoms with van der Waals surface area (Å²) >= 11 is 5.91. The van der Waals surface area contributed by atoms with Gasteiger partial charge in [-0.05, 0) is 36.4 Å². The molecular formula is C20H20ClFN4O. The summed E-state index contributed by atoms with van der Waals surface area (Å²) in [5.41, 5.74) is 1.53. The molecule has 0 unspecified atom stereocenters. The molecule has 2 aromatic carbocycles. The van der Waals surface area contributed by atoms with E-state index in [9.17, 15) is 9.18 Å². The van der Waals surface area contributed by atoms with Crippen LogP contribution in [0.3, 0.4) is 0 Å². The van der Waals surface area contributed by atoms with Gasteiger partial charge in [-0.2, -0.15) is 5.26 Å². The van der Waals surface area contributed by atoms with E-state index in [-0.39, 0.29) is 11.7 Å². The number of nitriles is 1. The van der Waals surface area contributed by atoms with Gasteiger partial charge in [-0.3, -0.25) is 9.69 Å². The molecule has 27 heavy (non-hydrogen) atoms. The molecule has 0 aromatic heterocycles. The maximum Gasteiger partial charge on any atom is 0.225 e. The third kappa shape index (κ3) is 5.19. The summed E-state index contributed by atoms with van der Waals surface area (Å²) < 4.78 is 14.1. The zero-order valence-electron chi connectivity index (χ0n) is 14.8. The molecule has 0 bridgehead atoms. The first-order valence-corrected chi connectivity index (χ1v) is 9.15. The molecule has 0 aliphatic carbocycles. The highest BCUT2D eigenvalue weighted by atomic mass is 35.5. The van der Waals surface area contributed by atoms with E-state index in [1.165, 1.54) is 6.07 Å². The fourth-order valence-electron chi connectivity index (χ4n) is 3.09. The van der Waals surface area contributed by atoms with Gasteiger partial charge in [0.25, 0.3) is 0 Å². The van der Waals surface area contributed by atoms with E-state index < -0.39 is 0 Å². The fraction of sp³-hybridized carbons (Fsp3) is 0.300. The largest absolute Gasteiger partial charge is 0.367 e. The van der Waals surface area contributed by atoms with Gasteiger partial charge >= 0.3 is 0 Å². The molecule has 0 atom stereocenters. The summed E-state index contributed by atoms with van der Waals surface area (Å²) in [6.07, 6.45) is 0.387. The van der Waals surface area contributed by atoms with Crippen LogP contribution in [0.25, 0.3) is 0 Å². The van der Waals surface area contributed by atoms with Crippen LogP contribution in [0.15, 0.2) is 42.5 Å². The van der Waals surface area contributed by atoms with Crippen LogP contribution in [0.5, 0.6) is 0 Å². The zero-order valence-corrected chi connectivity index (χ0v) is 15.5. The topological polar surface area (TPSA) is 59.4 Å². The second kappa shape index (κ2) is 8.85. The number of carbonyl (C=O) groups excluding carboxylic acids is 1. The number of rotatable bonds is 5. The Morgan fingerprint density at radius 1 is 1.19 bits per heavy atom. The van der Waals surface area contributed by atoms with E-state index in [0.717, 1.165) is 13.1 Å². The van der Waals surface area contributed by atoms with Crippen LogP contribution >= 0.6 is 11.6 Å². The Labute approximate surface area is 162 Å². The summed E-state index contributed by atoms with van der Waals surface area (Å²) in [5.74, 6) is -0.429. The van der Waals surface area contributed by atoms with Crippen molar-refractivity contribution < 1.29 is 9.18 Å². The SMILES string of the molecule is N#Cc1ccc(N2CCN(CCC(=O)Nc3cccc(Cl)c3)CC2)c(F)c1. The van der Waals surface area contributed by atoms with Crippen LogP contribution in [0.1, 0.15) is 12.0 Å². The standard InChI is InChI=1S/C20H20ClFN4O/c21-16-2-1-3-17(13-16)24-20(27)6-7-25-8-10-26(11-9-25)19-5-4-15(14-23)12-18(19)22/h1-5,12-13H,6-11H2,(H,24,27). The van der Waals surface area contributed by atoms with Crippen LogP contribution < -0.4 is 10.2 Å². The van der Waals surface area contributed by atoms with Gasteiger partial charge in [0.15, 0.2) is 0 Å². The van der Waals surface area contributed by atoms with Crippen LogP contribution in [-0.2, 0) is 4.79 Å². The highest BCUT2D eigenvalue weighted by Crippen LogP contribution is 2.22. The first kappa shape index (κ1) is 19.2. The van der Waals surface area contributed by atoms with Crippen molar-refractivity contribution in [1.29, 1.82) is 5.26 Å². The van der Waals surface area contributed by atoms with Gasteiger partial charge in [0.05, 0.1) is 17.3 Å². The Bertz CT molecular complexity index is 859. The minimum absolute atomic E-state index is 0.0576. The Balaban J connectivity index is 1.46. The van der Waals surface area contributed by atoms with E-state index in [2.05, 4.69) is 10.2 Å². The average Bonchev–Trinajstić information content (AvgIpc) is 2.67. The quantitative estimate of drug-likeness (QED) is 0.854. The Hall–Kier alpha value is -2.62. The number of nitrogens with one attached hydrogen (secondary N) is 1. The normalized spacial score (nSPS) is 14.6. The van der Waals surface area contributed by atoms with Crippen molar-refractivity contribution in [2.45, 2.75) is 6.42 Å². The van der Waals surface area contributed by atoms with Crippen molar-refractivity contribution in [3.8, 4) is 6.07 Å². The molecule has 140 valence electrons. The van der Waals surface area contributed by atoms with Crippen molar-refractivity contribution >= 4 is 28.9 Å². The smallest absolute Gasteiger partial charge is 0.225 e. The van der Waals surface area contributed by atoms with Crippen molar-refractivity contribution in [3.63, 3.8) is 0 Å². The van der Waals surface area contributed by atoms with Crippen LogP contribution in [0.4, 0.5) is 15.8 Å². The first-order valence-electron chi connectivity index (χ1n) is 8.77. The Morgan fingerprint density at radius 2 is 1.96 bits per heavy atom. The van der Waals surface area contributed by atoms with E-state index >= 15 is 0 Å². The van der Waals surface area contributed by atoms with Crippen LogP contribution in [0, 0.1) is 17.1 Å². The van der Waals surface area contributed by atoms with Crippen molar-refractivity contribution in [2.75, 3.05) is 42.9 Å². The van der Waals surface area contributed by atoms with E-state index in [1.807, 2.05) is 11.0 Å². The molecule has 0 spiro atoms. The molecular weight excluding hydrogens is 367 g/mol. The molecule has 0 radical (unpaired) electrons. The highest BCUT2D eigenvalue weighted by molar-refractivity contribution is 6.30. The number of piperazine rings is 1. The lowest BCUT2D eigenvalue weighted by Gasteiger charge is -2.36. The molecule has 0 saturated carbocycles. The predicted octanol–water partition coefficient (Wildman–Crippen LogP) is 3.50. The highest BCUT2D eigenvalue weighted by Gasteiger charge is 2.20. The number of hydrogen-bond acceptors (Lipinski definition) is 4. The summed E-state index contributed by atoms with van der Waals surface area (Å²) in [7, 11) is 0.